The molecule has 4 heteroatoms. The van der Waals surface area contributed by atoms with E-state index in [-0.39, 0.29) is 77.2 Å². The van der Waals surface area contributed by atoms with Crippen LogP contribution in [-0.2, 0) is 78.1 Å². The molecule has 0 spiro atoms. The van der Waals surface area contributed by atoms with Gasteiger partial charge < -0.3 is 24.8 Å². The van der Waals surface area contributed by atoms with Crippen molar-refractivity contribution in [1.82, 2.24) is 0 Å². The predicted molar refractivity (Wildman–Crippen MR) is 234 cm³/mol. The van der Waals surface area contributed by atoms with E-state index in [1.165, 1.54) is 110 Å². The zero-order valence-electron chi connectivity index (χ0n) is 35.8. The molecule has 0 fully saturated rings. The fourth-order valence-corrected chi connectivity index (χ4v) is 7.84. The second-order valence-electron chi connectivity index (χ2n) is 15.2. The molecular weight excluding hydrogens is 878 g/mol. The van der Waals surface area contributed by atoms with Gasteiger partial charge in [-0.2, -0.15) is 24.3 Å². The Morgan fingerprint density at radius 3 is 0.643 bits per heavy atom. The van der Waals surface area contributed by atoms with Crippen LogP contribution in [0.25, 0.3) is 43.1 Å². The second kappa shape index (κ2) is 23.3. The van der Waals surface area contributed by atoms with E-state index < -0.39 is 0 Å². The smallest absolute Gasteiger partial charge is 1.00 e. The number of halogens is 2. The Bertz CT molecular complexity index is 2100. The molecule has 0 amide bonds. The van der Waals surface area contributed by atoms with E-state index in [2.05, 4.69) is 180 Å². The summed E-state index contributed by atoms with van der Waals surface area (Å²) in [6.07, 6.45) is 4.53. The Morgan fingerprint density at radius 1 is 0.304 bits per heavy atom. The summed E-state index contributed by atoms with van der Waals surface area (Å²) < 4.78 is 0. The third-order valence-corrected chi connectivity index (χ3v) is 10.6. The molecule has 8 aromatic carbocycles. The van der Waals surface area contributed by atoms with Gasteiger partial charge >= 0.3 is 52.4 Å². The third-order valence-electron chi connectivity index (χ3n) is 10.6. The van der Waals surface area contributed by atoms with E-state index in [1.54, 1.807) is 0 Å². The van der Waals surface area contributed by atoms with Crippen LogP contribution in [0, 0.1) is 55.4 Å². The molecule has 292 valence electrons. The van der Waals surface area contributed by atoms with Crippen LogP contribution in [0.2, 0.25) is 0 Å². The SMILES string of the molecule is CCc1cc2c(C)cc(C)cc2[cH-]1.CCc1cc2c(C)cc(C)cc2[cH-]1.CCc1cc2c(C)cc(C)cc2[cH-]1.CCc1cc2c(C)cc(C)cc2[cH-]1.[Cl-].[Cl-].[Zr+2].[Zr+2]. The van der Waals surface area contributed by atoms with Crippen molar-refractivity contribution in [2.75, 3.05) is 0 Å². The van der Waals surface area contributed by atoms with E-state index in [1.807, 2.05) is 0 Å². The molecule has 56 heavy (non-hydrogen) atoms. The molecular formula is C52H60Cl2Zr2-2. The molecule has 0 N–H and O–H groups in total. The fraction of sp³-hybridized carbons (Fsp3) is 0.308. The molecule has 8 aromatic rings. The van der Waals surface area contributed by atoms with E-state index in [9.17, 15) is 0 Å². The minimum Gasteiger partial charge on any atom is -1.00 e. The van der Waals surface area contributed by atoms with Gasteiger partial charge in [-0.15, -0.1) is 114 Å². The number of rotatable bonds is 4. The van der Waals surface area contributed by atoms with Crippen LogP contribution in [0.1, 0.15) is 94.5 Å². The first kappa shape index (κ1) is 51.7. The van der Waals surface area contributed by atoms with E-state index >= 15 is 0 Å². The number of aryl methyl sites for hydroxylation is 12. The number of benzene rings is 4. The van der Waals surface area contributed by atoms with Gasteiger partial charge in [0.05, 0.1) is 0 Å². The van der Waals surface area contributed by atoms with Crippen LogP contribution in [0.15, 0.2) is 97.1 Å². The van der Waals surface area contributed by atoms with Crippen molar-refractivity contribution in [2.24, 2.45) is 0 Å². The zero-order valence-corrected chi connectivity index (χ0v) is 42.2. The van der Waals surface area contributed by atoms with Crippen LogP contribution in [-0.4, -0.2) is 0 Å². The zero-order chi connectivity index (χ0) is 37.7. The van der Waals surface area contributed by atoms with E-state index in [0.29, 0.717) is 0 Å². The number of hydrogen-bond donors (Lipinski definition) is 0. The normalized spacial score (nSPS) is 10.2. The molecule has 0 aliphatic rings. The monoisotopic (exact) mass is 934 g/mol. The summed E-state index contributed by atoms with van der Waals surface area (Å²) in [6, 6.07) is 36.5. The van der Waals surface area contributed by atoms with Gasteiger partial charge in [-0.05, 0) is 81.1 Å². The van der Waals surface area contributed by atoms with Crippen LogP contribution in [0.3, 0.4) is 0 Å². The molecule has 0 heterocycles. The summed E-state index contributed by atoms with van der Waals surface area (Å²) >= 11 is 0. The van der Waals surface area contributed by atoms with Gasteiger partial charge in [-0.3, -0.25) is 0 Å². The van der Waals surface area contributed by atoms with Crippen molar-refractivity contribution in [2.45, 2.75) is 109 Å². The van der Waals surface area contributed by atoms with Crippen molar-refractivity contribution < 1.29 is 77.2 Å². The first-order valence-corrected chi connectivity index (χ1v) is 19.5. The Balaban J connectivity index is 0.000000365. The van der Waals surface area contributed by atoms with Gasteiger partial charge in [0, 0.05) is 0 Å². The third kappa shape index (κ3) is 12.8. The van der Waals surface area contributed by atoms with Gasteiger partial charge in [0.2, 0.25) is 0 Å². The summed E-state index contributed by atoms with van der Waals surface area (Å²) in [4.78, 5) is 0. The largest absolute Gasteiger partial charge is 2.00 e. The maximum absolute atomic E-state index is 2.31. The molecule has 0 saturated carbocycles. The van der Waals surface area contributed by atoms with Crippen molar-refractivity contribution >= 4 is 43.1 Å². The van der Waals surface area contributed by atoms with E-state index in [4.69, 9.17) is 0 Å². The predicted octanol–water partition coefficient (Wildman–Crippen LogP) is 8.95. The van der Waals surface area contributed by atoms with Crippen molar-refractivity contribution in [1.29, 1.82) is 0 Å². The summed E-state index contributed by atoms with van der Waals surface area (Å²) in [6.45, 7) is 26.2. The summed E-state index contributed by atoms with van der Waals surface area (Å²) in [7, 11) is 0. The quantitative estimate of drug-likeness (QED) is 0.155. The minimum absolute atomic E-state index is 0. The fourth-order valence-electron chi connectivity index (χ4n) is 7.84. The number of hydrogen-bond acceptors (Lipinski definition) is 0. The number of fused-ring (bicyclic) bond motifs is 4. The molecule has 0 unspecified atom stereocenters. The standard InChI is InChI=1S/4C13H15.2ClH.2Zr/c4*1-4-11-7-12-6-9(2)5-10(3)13(12)8-11;;;;/h4*5-8H,4H2,1-3H3;2*1H;;/q4*-1;;;2*+2/p-2. The van der Waals surface area contributed by atoms with Crippen molar-refractivity contribution in [3.05, 3.63) is 164 Å². The Morgan fingerprint density at radius 2 is 0.482 bits per heavy atom. The molecule has 8 rings (SSSR count). The maximum atomic E-state index is 2.31. The minimum atomic E-state index is 0. The molecule has 0 bridgehead atoms. The summed E-state index contributed by atoms with van der Waals surface area (Å²) in [5.74, 6) is 0. The van der Waals surface area contributed by atoms with Crippen molar-refractivity contribution in [3.63, 3.8) is 0 Å². The molecule has 0 aromatic heterocycles. The molecule has 0 aliphatic carbocycles. The maximum Gasteiger partial charge on any atom is 2.00 e. The molecule has 0 radical (unpaired) electrons. The average molecular weight is 938 g/mol. The van der Waals surface area contributed by atoms with Crippen LogP contribution in [0.4, 0.5) is 0 Å². The van der Waals surface area contributed by atoms with E-state index in [0.717, 1.165) is 25.7 Å². The Kier molecular flexibility index (Phi) is 21.5. The van der Waals surface area contributed by atoms with Crippen LogP contribution >= 0.6 is 0 Å². The Labute approximate surface area is 389 Å². The van der Waals surface area contributed by atoms with Gasteiger partial charge in [0.1, 0.15) is 0 Å². The van der Waals surface area contributed by atoms with Crippen molar-refractivity contribution in [3.8, 4) is 0 Å². The van der Waals surface area contributed by atoms with Gasteiger partial charge in [-0.1, -0.05) is 96.5 Å². The molecule has 0 nitrogen and oxygen atoms in total. The average Bonchev–Trinajstić information content (AvgIpc) is 3.89. The van der Waals surface area contributed by atoms with Crippen LogP contribution in [0.5, 0.6) is 0 Å². The molecule has 0 atom stereocenters. The Hall–Kier alpha value is -2.33. The van der Waals surface area contributed by atoms with Gasteiger partial charge in [0.15, 0.2) is 0 Å². The van der Waals surface area contributed by atoms with Gasteiger partial charge in [0.25, 0.3) is 0 Å². The summed E-state index contributed by atoms with van der Waals surface area (Å²) in [5, 5.41) is 11.3. The summed E-state index contributed by atoms with van der Waals surface area (Å²) in [5.41, 5.74) is 16.8. The van der Waals surface area contributed by atoms with Gasteiger partial charge in [-0.25, -0.2) is 0 Å². The van der Waals surface area contributed by atoms with Crippen LogP contribution < -0.4 is 24.8 Å². The molecule has 0 aliphatic heterocycles. The molecule has 0 saturated heterocycles. The first-order chi connectivity index (χ1) is 24.8. The second-order valence-corrected chi connectivity index (χ2v) is 15.2. The topological polar surface area (TPSA) is 0 Å². The first-order valence-electron chi connectivity index (χ1n) is 19.5.